The van der Waals surface area contributed by atoms with Crippen LogP contribution in [0.5, 0.6) is 0 Å². The second kappa shape index (κ2) is 5.62. The van der Waals surface area contributed by atoms with Gasteiger partial charge in [0.25, 0.3) is 0 Å². The SMILES string of the molecule is CCCNc1nc(N2CCC(O)CC2)c2cn[nH]c2n1. The molecule has 0 unspecified atom stereocenters. The molecule has 0 atom stereocenters. The number of aliphatic hydroxyl groups excluding tert-OH is 1. The molecule has 0 aliphatic carbocycles. The van der Waals surface area contributed by atoms with Crippen LogP contribution in [0.1, 0.15) is 26.2 Å². The Morgan fingerprint density at radius 3 is 2.95 bits per heavy atom. The van der Waals surface area contributed by atoms with Crippen LogP contribution in [0.3, 0.4) is 0 Å². The van der Waals surface area contributed by atoms with Crippen LogP contribution in [0.2, 0.25) is 0 Å². The minimum atomic E-state index is -0.189. The van der Waals surface area contributed by atoms with E-state index < -0.39 is 0 Å². The summed E-state index contributed by atoms with van der Waals surface area (Å²) in [4.78, 5) is 11.2. The van der Waals surface area contributed by atoms with Gasteiger partial charge in [-0.1, -0.05) is 6.92 Å². The molecule has 2 aromatic heterocycles. The summed E-state index contributed by atoms with van der Waals surface area (Å²) in [5.74, 6) is 1.53. The van der Waals surface area contributed by atoms with Gasteiger partial charge in [-0.2, -0.15) is 15.1 Å². The number of hydrogen-bond donors (Lipinski definition) is 3. The standard InChI is InChI=1S/C13H20N6O/c1-2-5-14-13-16-11-10(8-15-18-11)12(17-13)19-6-3-9(20)4-7-19/h8-9,20H,2-7H2,1H3,(H2,14,15,16,17,18). The van der Waals surface area contributed by atoms with Crippen LogP contribution in [0.25, 0.3) is 11.0 Å². The third kappa shape index (κ3) is 2.53. The molecule has 1 aliphatic heterocycles. The number of aliphatic hydroxyl groups is 1. The van der Waals surface area contributed by atoms with Crippen molar-refractivity contribution in [1.29, 1.82) is 0 Å². The number of rotatable bonds is 4. The highest BCUT2D eigenvalue weighted by Gasteiger charge is 2.21. The van der Waals surface area contributed by atoms with Crippen molar-refractivity contribution < 1.29 is 5.11 Å². The first-order valence-corrected chi connectivity index (χ1v) is 7.16. The average Bonchev–Trinajstić information content (AvgIpc) is 2.93. The number of hydrogen-bond acceptors (Lipinski definition) is 6. The van der Waals surface area contributed by atoms with E-state index in [0.29, 0.717) is 5.95 Å². The Morgan fingerprint density at radius 1 is 1.40 bits per heavy atom. The number of aromatic nitrogens is 4. The predicted molar refractivity (Wildman–Crippen MR) is 77.9 cm³/mol. The molecule has 0 amide bonds. The van der Waals surface area contributed by atoms with Crippen LogP contribution >= 0.6 is 0 Å². The second-order valence-corrected chi connectivity index (χ2v) is 5.15. The Bertz CT molecular complexity index is 575. The zero-order chi connectivity index (χ0) is 13.9. The first-order chi connectivity index (χ1) is 9.78. The number of fused-ring (bicyclic) bond motifs is 1. The molecule has 1 aliphatic rings. The molecule has 108 valence electrons. The lowest BCUT2D eigenvalue weighted by molar-refractivity contribution is 0.145. The third-order valence-corrected chi connectivity index (χ3v) is 3.59. The summed E-state index contributed by atoms with van der Waals surface area (Å²) >= 11 is 0. The van der Waals surface area contributed by atoms with E-state index in [1.54, 1.807) is 6.20 Å². The minimum absolute atomic E-state index is 0.189. The number of aromatic amines is 1. The lowest BCUT2D eigenvalue weighted by atomic mass is 10.1. The number of nitrogens with zero attached hydrogens (tertiary/aromatic N) is 4. The summed E-state index contributed by atoms with van der Waals surface area (Å²) in [5, 5.41) is 20.7. The predicted octanol–water partition coefficient (Wildman–Crippen LogP) is 1.14. The van der Waals surface area contributed by atoms with Gasteiger partial charge in [0, 0.05) is 19.6 Å². The molecule has 7 nitrogen and oxygen atoms in total. The first kappa shape index (κ1) is 13.1. The van der Waals surface area contributed by atoms with E-state index in [-0.39, 0.29) is 6.10 Å². The van der Waals surface area contributed by atoms with Gasteiger partial charge < -0.3 is 15.3 Å². The maximum Gasteiger partial charge on any atom is 0.226 e. The van der Waals surface area contributed by atoms with E-state index in [0.717, 1.165) is 55.7 Å². The van der Waals surface area contributed by atoms with Crippen molar-refractivity contribution in [3.8, 4) is 0 Å². The molecule has 3 rings (SSSR count). The number of anilines is 2. The molecule has 3 heterocycles. The van der Waals surface area contributed by atoms with Gasteiger partial charge in [-0.05, 0) is 19.3 Å². The highest BCUT2D eigenvalue weighted by molar-refractivity contribution is 5.87. The molecule has 0 spiro atoms. The highest BCUT2D eigenvalue weighted by Crippen LogP contribution is 2.26. The van der Waals surface area contributed by atoms with Gasteiger partial charge in [-0.15, -0.1) is 0 Å². The van der Waals surface area contributed by atoms with Crippen molar-refractivity contribution in [2.45, 2.75) is 32.3 Å². The summed E-state index contributed by atoms with van der Waals surface area (Å²) in [6, 6.07) is 0. The van der Waals surface area contributed by atoms with Crippen LogP contribution < -0.4 is 10.2 Å². The normalized spacial score (nSPS) is 16.8. The van der Waals surface area contributed by atoms with E-state index in [2.05, 4.69) is 37.3 Å². The van der Waals surface area contributed by atoms with E-state index in [1.807, 2.05) is 0 Å². The van der Waals surface area contributed by atoms with E-state index in [4.69, 9.17) is 0 Å². The quantitative estimate of drug-likeness (QED) is 0.776. The van der Waals surface area contributed by atoms with Crippen molar-refractivity contribution in [2.24, 2.45) is 0 Å². The molecular formula is C13H20N6O. The van der Waals surface area contributed by atoms with Gasteiger partial charge in [-0.25, -0.2) is 0 Å². The molecule has 0 saturated carbocycles. The maximum atomic E-state index is 9.63. The molecule has 0 radical (unpaired) electrons. The van der Waals surface area contributed by atoms with Crippen LogP contribution in [-0.2, 0) is 0 Å². The van der Waals surface area contributed by atoms with Gasteiger partial charge in [0.15, 0.2) is 5.65 Å². The summed E-state index contributed by atoms with van der Waals surface area (Å²) in [7, 11) is 0. The number of H-pyrrole nitrogens is 1. The Labute approximate surface area is 117 Å². The summed E-state index contributed by atoms with van der Waals surface area (Å²) in [6.07, 6.45) is 4.16. The first-order valence-electron chi connectivity index (χ1n) is 7.16. The molecule has 7 heteroatoms. The average molecular weight is 276 g/mol. The highest BCUT2D eigenvalue weighted by atomic mass is 16.3. The van der Waals surface area contributed by atoms with Crippen molar-refractivity contribution in [1.82, 2.24) is 20.2 Å². The van der Waals surface area contributed by atoms with Gasteiger partial charge in [0.1, 0.15) is 5.82 Å². The van der Waals surface area contributed by atoms with Gasteiger partial charge in [0.05, 0.1) is 17.7 Å². The van der Waals surface area contributed by atoms with Gasteiger partial charge in [0.2, 0.25) is 5.95 Å². The van der Waals surface area contributed by atoms with Crippen molar-refractivity contribution in [3.63, 3.8) is 0 Å². The van der Waals surface area contributed by atoms with Crippen LogP contribution in [0, 0.1) is 0 Å². The Balaban J connectivity index is 1.93. The number of nitrogens with one attached hydrogen (secondary N) is 2. The molecule has 1 fully saturated rings. The summed E-state index contributed by atoms with van der Waals surface area (Å²) < 4.78 is 0. The molecule has 0 aromatic carbocycles. The molecule has 1 saturated heterocycles. The van der Waals surface area contributed by atoms with Crippen molar-refractivity contribution in [2.75, 3.05) is 29.9 Å². The zero-order valence-corrected chi connectivity index (χ0v) is 11.6. The third-order valence-electron chi connectivity index (χ3n) is 3.59. The van der Waals surface area contributed by atoms with Crippen LogP contribution in [0.4, 0.5) is 11.8 Å². The molecule has 20 heavy (non-hydrogen) atoms. The smallest absolute Gasteiger partial charge is 0.226 e. The topological polar surface area (TPSA) is 90.0 Å². The van der Waals surface area contributed by atoms with Crippen molar-refractivity contribution in [3.05, 3.63) is 6.20 Å². The zero-order valence-electron chi connectivity index (χ0n) is 11.6. The fraction of sp³-hybridized carbons (Fsp3) is 0.615. The fourth-order valence-corrected chi connectivity index (χ4v) is 2.45. The second-order valence-electron chi connectivity index (χ2n) is 5.15. The van der Waals surface area contributed by atoms with E-state index in [9.17, 15) is 5.11 Å². The number of piperidine rings is 1. The van der Waals surface area contributed by atoms with Gasteiger partial charge >= 0.3 is 0 Å². The summed E-state index contributed by atoms with van der Waals surface area (Å²) in [5.41, 5.74) is 0.750. The molecule has 3 N–H and O–H groups in total. The fourth-order valence-electron chi connectivity index (χ4n) is 2.45. The largest absolute Gasteiger partial charge is 0.393 e. The maximum absolute atomic E-state index is 9.63. The monoisotopic (exact) mass is 276 g/mol. The Kier molecular flexibility index (Phi) is 3.68. The summed E-state index contributed by atoms with van der Waals surface area (Å²) in [6.45, 7) is 4.57. The Hall–Kier alpha value is -1.89. The molecular weight excluding hydrogens is 256 g/mol. The lowest BCUT2D eigenvalue weighted by Crippen LogP contribution is -2.36. The lowest BCUT2D eigenvalue weighted by Gasteiger charge is -2.30. The molecule has 0 bridgehead atoms. The van der Waals surface area contributed by atoms with Crippen molar-refractivity contribution >= 4 is 22.8 Å². The van der Waals surface area contributed by atoms with E-state index in [1.165, 1.54) is 0 Å². The molecule has 2 aromatic rings. The van der Waals surface area contributed by atoms with Crippen LogP contribution in [0.15, 0.2) is 6.20 Å². The minimum Gasteiger partial charge on any atom is -0.393 e. The van der Waals surface area contributed by atoms with Gasteiger partial charge in [-0.3, -0.25) is 5.10 Å². The van der Waals surface area contributed by atoms with Crippen LogP contribution in [-0.4, -0.2) is 51.0 Å². The Morgan fingerprint density at radius 2 is 2.20 bits per heavy atom. The van der Waals surface area contributed by atoms with E-state index >= 15 is 0 Å².